The fourth-order valence-electron chi connectivity index (χ4n) is 1.67. The van der Waals surface area contributed by atoms with Crippen molar-refractivity contribution in [2.45, 2.75) is 0 Å². The predicted octanol–water partition coefficient (Wildman–Crippen LogP) is 3.40. The lowest BCUT2D eigenvalue weighted by atomic mass is 10.2. The lowest BCUT2D eigenvalue weighted by Crippen LogP contribution is -2.20. The third-order valence-electron chi connectivity index (χ3n) is 2.66. The summed E-state index contributed by atoms with van der Waals surface area (Å²) in [5.41, 5.74) is 5.57. The number of amides is 2. The Morgan fingerprint density at radius 1 is 1.26 bits per heavy atom. The van der Waals surface area contributed by atoms with E-state index in [4.69, 9.17) is 15.2 Å². The van der Waals surface area contributed by atoms with Crippen LogP contribution in [-0.4, -0.2) is 25.5 Å². The normalized spacial score (nSPS) is 10.2. The summed E-state index contributed by atoms with van der Waals surface area (Å²) < 4.78 is 12.1. The number of rotatable bonds is 6. The molecule has 0 saturated carbocycles. The highest BCUT2D eigenvalue weighted by Crippen LogP contribution is 2.34. The fraction of sp³-hybridized carbons (Fsp3) is 0.143. The first-order chi connectivity index (χ1) is 10.9. The average Bonchev–Trinajstić information content (AvgIpc) is 2.85. The molecule has 0 fully saturated rings. The van der Waals surface area contributed by atoms with E-state index >= 15 is 0 Å². The number of nitrogens with one attached hydrogen (secondary N) is 1. The van der Waals surface area contributed by atoms with Gasteiger partial charge in [0.2, 0.25) is 0 Å². The standard InChI is InChI=1S/C14H12Br2N2O4S/c1-21-9-3-2-7(4-10(9)22-6-12(17)19)18-14(20)11-5-8(15)13(16)23-11/h2-5H,6H2,1H3,(H2,17,19)(H,18,20). The molecule has 2 aromatic rings. The molecule has 0 spiro atoms. The Kier molecular flexibility index (Phi) is 6.03. The second-order valence-electron chi connectivity index (χ2n) is 4.31. The van der Waals surface area contributed by atoms with Gasteiger partial charge in [-0.1, -0.05) is 0 Å². The highest BCUT2D eigenvalue weighted by atomic mass is 79.9. The molecule has 1 aromatic heterocycles. The Balaban J connectivity index is 2.17. The molecule has 23 heavy (non-hydrogen) atoms. The first-order valence-electron chi connectivity index (χ1n) is 6.26. The molecule has 0 unspecified atom stereocenters. The second kappa shape index (κ2) is 7.80. The number of ether oxygens (including phenoxy) is 2. The van der Waals surface area contributed by atoms with Gasteiger partial charge >= 0.3 is 0 Å². The summed E-state index contributed by atoms with van der Waals surface area (Å²) >= 11 is 7.99. The van der Waals surface area contributed by atoms with Crippen LogP contribution in [0.15, 0.2) is 32.5 Å². The molecule has 0 aliphatic rings. The van der Waals surface area contributed by atoms with Gasteiger partial charge < -0.3 is 20.5 Å². The summed E-state index contributed by atoms with van der Waals surface area (Å²) in [5, 5.41) is 2.76. The van der Waals surface area contributed by atoms with Gasteiger partial charge in [0.15, 0.2) is 18.1 Å². The smallest absolute Gasteiger partial charge is 0.265 e. The molecule has 122 valence electrons. The maximum absolute atomic E-state index is 12.2. The predicted molar refractivity (Wildman–Crippen MR) is 95.4 cm³/mol. The summed E-state index contributed by atoms with van der Waals surface area (Å²) in [7, 11) is 1.48. The number of halogens is 2. The van der Waals surface area contributed by atoms with Gasteiger partial charge in [0.1, 0.15) is 0 Å². The number of methoxy groups -OCH3 is 1. The Hall–Kier alpha value is -1.58. The maximum Gasteiger partial charge on any atom is 0.265 e. The van der Waals surface area contributed by atoms with Crippen molar-refractivity contribution in [3.8, 4) is 11.5 Å². The SMILES string of the molecule is COc1ccc(NC(=O)c2cc(Br)c(Br)s2)cc1OCC(N)=O. The summed E-state index contributed by atoms with van der Waals surface area (Å²) in [6.45, 7) is -0.279. The summed E-state index contributed by atoms with van der Waals surface area (Å²) in [6, 6.07) is 6.59. The highest BCUT2D eigenvalue weighted by Gasteiger charge is 2.14. The number of nitrogens with two attached hydrogens (primary N) is 1. The van der Waals surface area contributed by atoms with Crippen LogP contribution >= 0.6 is 43.2 Å². The molecular formula is C14H12Br2N2O4S. The third-order valence-corrected chi connectivity index (χ3v) is 5.92. The van der Waals surface area contributed by atoms with E-state index in [1.54, 1.807) is 24.3 Å². The average molecular weight is 464 g/mol. The van der Waals surface area contributed by atoms with Crippen molar-refractivity contribution in [2.75, 3.05) is 19.0 Å². The molecule has 0 saturated heterocycles. The fourth-order valence-corrected chi connectivity index (χ4v) is 3.60. The van der Waals surface area contributed by atoms with Crippen molar-refractivity contribution in [1.29, 1.82) is 0 Å². The van der Waals surface area contributed by atoms with Crippen LogP contribution in [0.3, 0.4) is 0 Å². The van der Waals surface area contributed by atoms with Crippen molar-refractivity contribution >= 4 is 60.7 Å². The van der Waals surface area contributed by atoms with Gasteiger partial charge in [0, 0.05) is 16.2 Å². The van der Waals surface area contributed by atoms with Gasteiger partial charge in [0.05, 0.1) is 15.8 Å². The molecule has 1 heterocycles. The van der Waals surface area contributed by atoms with Gasteiger partial charge in [-0.05, 0) is 50.1 Å². The van der Waals surface area contributed by atoms with E-state index in [0.29, 0.717) is 22.1 Å². The van der Waals surface area contributed by atoms with E-state index in [1.807, 2.05) is 0 Å². The molecule has 3 N–H and O–H groups in total. The minimum absolute atomic E-state index is 0.257. The largest absolute Gasteiger partial charge is 0.493 e. The van der Waals surface area contributed by atoms with Crippen molar-refractivity contribution in [1.82, 2.24) is 0 Å². The molecule has 1 aromatic carbocycles. The zero-order valence-corrected chi connectivity index (χ0v) is 15.9. The molecule has 0 aliphatic carbocycles. The van der Waals surface area contributed by atoms with Crippen LogP contribution in [0, 0.1) is 0 Å². The van der Waals surface area contributed by atoms with Gasteiger partial charge in [-0.25, -0.2) is 0 Å². The van der Waals surface area contributed by atoms with Gasteiger partial charge in [-0.2, -0.15) is 0 Å². The van der Waals surface area contributed by atoms with E-state index in [0.717, 1.165) is 8.26 Å². The minimum atomic E-state index is -0.602. The number of anilines is 1. The first kappa shape index (κ1) is 17.8. The minimum Gasteiger partial charge on any atom is -0.493 e. The van der Waals surface area contributed by atoms with Gasteiger partial charge in [0.25, 0.3) is 11.8 Å². The lowest BCUT2D eigenvalue weighted by Gasteiger charge is -2.11. The Morgan fingerprint density at radius 2 is 2.00 bits per heavy atom. The van der Waals surface area contributed by atoms with Crippen molar-refractivity contribution in [2.24, 2.45) is 5.73 Å². The quantitative estimate of drug-likeness (QED) is 0.686. The van der Waals surface area contributed by atoms with Crippen LogP contribution < -0.4 is 20.5 Å². The van der Waals surface area contributed by atoms with Crippen LogP contribution in [0.25, 0.3) is 0 Å². The number of hydrogen-bond donors (Lipinski definition) is 2. The number of benzene rings is 1. The first-order valence-corrected chi connectivity index (χ1v) is 8.66. The van der Waals surface area contributed by atoms with Crippen LogP contribution in [-0.2, 0) is 4.79 Å². The molecule has 0 radical (unpaired) electrons. The number of primary amides is 1. The summed E-state index contributed by atoms with van der Waals surface area (Å²) in [6.07, 6.45) is 0. The molecule has 2 rings (SSSR count). The number of hydrogen-bond acceptors (Lipinski definition) is 5. The second-order valence-corrected chi connectivity index (χ2v) is 7.53. The number of carbonyl (C=O) groups excluding carboxylic acids is 2. The van der Waals surface area contributed by atoms with Crippen LogP contribution in [0.2, 0.25) is 0 Å². The highest BCUT2D eigenvalue weighted by molar-refractivity contribution is 9.13. The van der Waals surface area contributed by atoms with E-state index < -0.39 is 5.91 Å². The lowest BCUT2D eigenvalue weighted by molar-refractivity contribution is -0.119. The van der Waals surface area contributed by atoms with Gasteiger partial charge in [-0.3, -0.25) is 9.59 Å². The molecule has 0 aliphatic heterocycles. The van der Waals surface area contributed by atoms with Crippen LogP contribution in [0.1, 0.15) is 9.67 Å². The Bertz CT molecular complexity index is 729. The van der Waals surface area contributed by atoms with Crippen LogP contribution in [0.4, 0.5) is 5.69 Å². The van der Waals surface area contributed by atoms with E-state index in [-0.39, 0.29) is 12.5 Å². The zero-order valence-electron chi connectivity index (χ0n) is 11.9. The summed E-state index contributed by atoms with van der Waals surface area (Å²) in [4.78, 5) is 23.6. The zero-order chi connectivity index (χ0) is 17.0. The molecule has 0 atom stereocenters. The van der Waals surface area contributed by atoms with E-state index in [2.05, 4.69) is 37.2 Å². The van der Waals surface area contributed by atoms with Crippen molar-refractivity contribution < 1.29 is 19.1 Å². The van der Waals surface area contributed by atoms with E-state index in [9.17, 15) is 9.59 Å². The number of carbonyl (C=O) groups is 2. The van der Waals surface area contributed by atoms with Crippen molar-refractivity contribution in [3.63, 3.8) is 0 Å². The van der Waals surface area contributed by atoms with Crippen LogP contribution in [0.5, 0.6) is 11.5 Å². The van der Waals surface area contributed by atoms with Crippen molar-refractivity contribution in [3.05, 3.63) is 37.4 Å². The molecule has 0 bridgehead atoms. The Morgan fingerprint density at radius 3 is 2.57 bits per heavy atom. The monoisotopic (exact) mass is 462 g/mol. The number of thiophene rings is 1. The maximum atomic E-state index is 12.2. The Labute approximate surface area is 153 Å². The van der Waals surface area contributed by atoms with E-state index in [1.165, 1.54) is 18.4 Å². The topological polar surface area (TPSA) is 90.7 Å². The van der Waals surface area contributed by atoms with Gasteiger partial charge in [-0.15, -0.1) is 11.3 Å². The molecule has 2 amide bonds. The molecule has 6 nitrogen and oxygen atoms in total. The third kappa shape index (κ3) is 4.69. The molecule has 9 heteroatoms. The molecular weight excluding hydrogens is 452 g/mol. The summed E-state index contributed by atoms with van der Waals surface area (Å²) in [5.74, 6) is -0.106.